The molecule has 0 spiro atoms. The molecule has 0 amide bonds. The highest BCUT2D eigenvalue weighted by atomic mass is 16.5. The van der Waals surface area contributed by atoms with Crippen LogP contribution in [0.2, 0.25) is 0 Å². The van der Waals surface area contributed by atoms with Gasteiger partial charge in [-0.2, -0.15) is 0 Å². The summed E-state index contributed by atoms with van der Waals surface area (Å²) >= 11 is 0. The Labute approximate surface area is 149 Å². The highest BCUT2D eigenvalue weighted by Crippen LogP contribution is 2.62. The summed E-state index contributed by atoms with van der Waals surface area (Å²) < 4.78 is 5.15. The van der Waals surface area contributed by atoms with E-state index in [9.17, 15) is 9.59 Å². The zero-order valence-electron chi connectivity index (χ0n) is 15.2. The van der Waals surface area contributed by atoms with Gasteiger partial charge in [-0.15, -0.1) is 0 Å². The molecule has 3 aliphatic rings. The van der Waals surface area contributed by atoms with Crippen LogP contribution in [0, 0.1) is 34.5 Å². The zero-order valence-corrected chi connectivity index (χ0v) is 15.2. The minimum Gasteiger partial charge on any atom is -0.364 e. The van der Waals surface area contributed by atoms with Crippen LogP contribution in [0.5, 0.6) is 0 Å². The highest BCUT2D eigenvalue weighted by Gasteiger charge is 2.57. The number of aldehydes is 2. The largest absolute Gasteiger partial charge is 0.364 e. The van der Waals surface area contributed by atoms with Gasteiger partial charge in [-0.3, -0.25) is 0 Å². The van der Waals surface area contributed by atoms with E-state index in [-0.39, 0.29) is 28.6 Å². The van der Waals surface area contributed by atoms with Crippen molar-refractivity contribution in [2.24, 2.45) is 34.5 Å². The molecule has 0 aromatic carbocycles. The van der Waals surface area contributed by atoms with Gasteiger partial charge in [0.1, 0.15) is 18.8 Å². The molecule has 0 radical (unpaired) electrons. The molecule has 6 atom stereocenters. The molecule has 0 bridgehead atoms. The van der Waals surface area contributed by atoms with E-state index in [1.165, 1.54) is 11.9 Å². The molecule has 0 saturated heterocycles. The van der Waals surface area contributed by atoms with Crippen LogP contribution >= 0.6 is 0 Å². The number of fused-ring (bicyclic) bond motifs is 2. The quantitative estimate of drug-likeness (QED) is 0.620. The number of hydrogen-bond acceptors (Lipinski definition) is 4. The summed E-state index contributed by atoms with van der Waals surface area (Å²) in [4.78, 5) is 24.1. The van der Waals surface area contributed by atoms with Gasteiger partial charge in [0.2, 0.25) is 0 Å². The lowest BCUT2D eigenvalue weighted by Crippen LogP contribution is -2.51. The van der Waals surface area contributed by atoms with E-state index < -0.39 is 0 Å². The fourth-order valence-corrected chi connectivity index (χ4v) is 6.25. The molecular formula is C21H27NO3. The molecule has 4 rings (SSSR count). The number of carbonyl (C=O) groups excluding carboxylic acids is 2. The number of allylic oxidation sites excluding steroid dienone is 1. The van der Waals surface area contributed by atoms with Crippen molar-refractivity contribution in [1.29, 1.82) is 0 Å². The third kappa shape index (κ3) is 2.22. The lowest BCUT2D eigenvalue weighted by atomic mass is 9.50. The summed E-state index contributed by atoms with van der Waals surface area (Å²) in [6.45, 7) is 8.79. The first kappa shape index (κ1) is 16.7. The van der Waals surface area contributed by atoms with Crippen molar-refractivity contribution in [3.05, 3.63) is 29.7 Å². The molecule has 25 heavy (non-hydrogen) atoms. The first-order valence-corrected chi connectivity index (χ1v) is 9.45. The van der Waals surface area contributed by atoms with Gasteiger partial charge in [0.15, 0.2) is 0 Å². The van der Waals surface area contributed by atoms with E-state index >= 15 is 0 Å². The van der Waals surface area contributed by atoms with Gasteiger partial charge in [0.25, 0.3) is 0 Å². The third-order valence-electron chi connectivity index (χ3n) is 8.02. The maximum Gasteiger partial charge on any atom is 0.127 e. The number of rotatable bonds is 3. The van der Waals surface area contributed by atoms with Gasteiger partial charge < -0.3 is 14.1 Å². The maximum atomic E-state index is 12.2. The van der Waals surface area contributed by atoms with Crippen LogP contribution < -0.4 is 0 Å². The van der Waals surface area contributed by atoms with Crippen LogP contribution in [0.4, 0.5) is 0 Å². The summed E-state index contributed by atoms with van der Waals surface area (Å²) in [6.07, 6.45) is 9.52. The molecule has 1 aromatic rings. The minimum absolute atomic E-state index is 0.00635. The Morgan fingerprint density at radius 1 is 1.24 bits per heavy atom. The van der Waals surface area contributed by atoms with Gasteiger partial charge in [0.05, 0.1) is 5.69 Å². The van der Waals surface area contributed by atoms with Crippen molar-refractivity contribution >= 4 is 12.6 Å². The molecule has 0 aliphatic heterocycles. The molecule has 0 N–H and O–H groups in total. The molecule has 134 valence electrons. The Morgan fingerprint density at radius 2 is 2.04 bits per heavy atom. The zero-order chi connectivity index (χ0) is 17.8. The van der Waals surface area contributed by atoms with E-state index in [0.29, 0.717) is 12.3 Å². The average molecular weight is 341 g/mol. The van der Waals surface area contributed by atoms with Crippen molar-refractivity contribution < 1.29 is 14.1 Å². The van der Waals surface area contributed by atoms with Crippen LogP contribution in [0.15, 0.2) is 22.9 Å². The van der Waals surface area contributed by atoms with Gasteiger partial charge in [-0.25, -0.2) is 0 Å². The normalized spacial score (nSPS) is 43.4. The second-order valence-corrected chi connectivity index (χ2v) is 8.94. The van der Waals surface area contributed by atoms with Crippen molar-refractivity contribution in [3.63, 3.8) is 0 Å². The Balaban J connectivity index is 1.72. The summed E-state index contributed by atoms with van der Waals surface area (Å²) in [6, 6.07) is 0. The average Bonchev–Trinajstić information content (AvgIpc) is 3.17. The second kappa shape index (κ2) is 5.65. The molecule has 3 aliphatic carbocycles. The number of hydrogen-bond donors (Lipinski definition) is 0. The minimum atomic E-state index is -0.211. The van der Waals surface area contributed by atoms with Gasteiger partial charge >= 0.3 is 0 Å². The SMILES string of the molecule is C=C1CC[C@H]2[C@H](C=O)[C@@H]([C@@]3(C)Cc4conc4C[C@@H]3C=O)CC[C@]12C. The van der Waals surface area contributed by atoms with E-state index in [4.69, 9.17) is 4.52 Å². The summed E-state index contributed by atoms with van der Waals surface area (Å²) in [7, 11) is 0. The maximum absolute atomic E-state index is 12.2. The fraction of sp³-hybridized carbons (Fsp3) is 0.667. The lowest BCUT2D eigenvalue weighted by molar-refractivity contribution is -0.129. The van der Waals surface area contributed by atoms with E-state index in [0.717, 1.165) is 49.6 Å². The molecule has 1 aromatic heterocycles. The molecule has 2 saturated carbocycles. The van der Waals surface area contributed by atoms with Gasteiger partial charge in [-0.1, -0.05) is 31.2 Å². The van der Waals surface area contributed by atoms with Crippen molar-refractivity contribution in [2.75, 3.05) is 0 Å². The Kier molecular flexibility index (Phi) is 3.78. The van der Waals surface area contributed by atoms with Crippen molar-refractivity contribution in [3.8, 4) is 0 Å². The molecular weight excluding hydrogens is 314 g/mol. The van der Waals surface area contributed by atoms with E-state index in [1.807, 2.05) is 0 Å². The predicted octanol–water partition coefficient (Wildman–Crippen LogP) is 3.79. The van der Waals surface area contributed by atoms with Crippen molar-refractivity contribution in [1.82, 2.24) is 5.16 Å². The summed E-state index contributed by atoms with van der Waals surface area (Å²) in [5.41, 5.74) is 3.20. The summed E-state index contributed by atoms with van der Waals surface area (Å²) in [5.74, 6) is 0.495. The monoisotopic (exact) mass is 341 g/mol. The van der Waals surface area contributed by atoms with Gasteiger partial charge in [0, 0.05) is 23.8 Å². The molecule has 2 fully saturated rings. The molecule has 4 heteroatoms. The number of nitrogens with zero attached hydrogens (tertiary/aromatic N) is 1. The number of aromatic nitrogens is 1. The highest BCUT2D eigenvalue weighted by molar-refractivity contribution is 5.60. The molecule has 1 heterocycles. The Morgan fingerprint density at radius 3 is 2.76 bits per heavy atom. The van der Waals surface area contributed by atoms with E-state index in [2.05, 4.69) is 25.6 Å². The molecule has 4 nitrogen and oxygen atoms in total. The van der Waals surface area contributed by atoms with Crippen LogP contribution in [0.25, 0.3) is 0 Å². The van der Waals surface area contributed by atoms with Crippen LogP contribution in [0.1, 0.15) is 50.8 Å². The topological polar surface area (TPSA) is 60.2 Å². The van der Waals surface area contributed by atoms with Crippen LogP contribution in [0.3, 0.4) is 0 Å². The van der Waals surface area contributed by atoms with Crippen molar-refractivity contribution in [2.45, 2.75) is 52.4 Å². The first-order chi connectivity index (χ1) is 11.9. The Bertz CT molecular complexity index is 722. The fourth-order valence-electron chi connectivity index (χ4n) is 6.25. The van der Waals surface area contributed by atoms with E-state index in [1.54, 1.807) is 6.26 Å². The molecule has 0 unspecified atom stereocenters. The lowest BCUT2D eigenvalue weighted by Gasteiger charge is -2.53. The standard InChI is InChI=1S/C21H27NO3/c1-13-4-5-17-16(11-24)18(6-7-20(13,17)2)21(3)9-14-12-25-22-19(14)8-15(21)10-23/h10-12,15-18H,1,4-9H2,2-3H3/t15-,16+,17+,18+,20-,21+/m1/s1. The summed E-state index contributed by atoms with van der Waals surface area (Å²) in [5, 5.41) is 4.06. The predicted molar refractivity (Wildman–Crippen MR) is 93.8 cm³/mol. The number of carbonyl (C=O) groups is 2. The van der Waals surface area contributed by atoms with Crippen LogP contribution in [-0.4, -0.2) is 17.7 Å². The first-order valence-electron chi connectivity index (χ1n) is 9.45. The second-order valence-electron chi connectivity index (χ2n) is 8.94. The van der Waals surface area contributed by atoms with Gasteiger partial charge in [-0.05, 0) is 54.8 Å². The third-order valence-corrected chi connectivity index (χ3v) is 8.02. The van der Waals surface area contributed by atoms with Crippen LogP contribution in [-0.2, 0) is 22.4 Å². The smallest absolute Gasteiger partial charge is 0.127 e. The Hall–Kier alpha value is -1.71.